The van der Waals surface area contributed by atoms with Crippen LogP contribution in [0.15, 0.2) is 0 Å². The highest BCUT2D eigenvalue weighted by atomic mass is 35.5. The van der Waals surface area contributed by atoms with Gasteiger partial charge in [0, 0.05) is 6.54 Å². The van der Waals surface area contributed by atoms with Crippen LogP contribution in [0.2, 0.25) is 0 Å². The van der Waals surface area contributed by atoms with Crippen LogP contribution in [0.25, 0.3) is 0 Å². The smallest absolute Gasteiger partial charge is 0.237 e. The summed E-state index contributed by atoms with van der Waals surface area (Å²) in [6, 6.07) is 0.0759. The lowest BCUT2D eigenvalue weighted by Gasteiger charge is -2.31. The Bertz CT molecular complexity index is 261. The van der Waals surface area contributed by atoms with Crippen LogP contribution in [-0.4, -0.2) is 49.6 Å². The number of carbonyl (C=O) groups excluding carboxylic acids is 1. The number of likely N-dealkylation sites (tertiary alicyclic amines) is 1. The number of piperidine rings is 1. The summed E-state index contributed by atoms with van der Waals surface area (Å²) >= 11 is 0. The molecule has 2 saturated heterocycles. The molecule has 2 rings (SSSR count). The molecule has 0 aromatic rings. The maximum absolute atomic E-state index is 11.8. The third kappa shape index (κ3) is 5.28. The zero-order valence-electron chi connectivity index (χ0n) is 12.0. The Balaban J connectivity index is 0.00000180. The Kier molecular flexibility index (Phi) is 7.73. The molecule has 19 heavy (non-hydrogen) atoms. The molecule has 1 atom stereocenters. The number of hydrogen-bond donors (Lipinski definition) is 2. The van der Waals surface area contributed by atoms with Gasteiger partial charge in [0.1, 0.15) is 0 Å². The standard InChI is InChI=1S/C14H27N3O.ClH/c1-2-17-10-6-12(7-11-17)5-9-16-14(18)13-4-3-8-15-13;/h12-13,15H,2-11H2,1H3,(H,16,18);1H/t13-;/m0./s1. The molecule has 2 aliphatic heterocycles. The molecule has 0 aromatic carbocycles. The topological polar surface area (TPSA) is 44.4 Å². The van der Waals surface area contributed by atoms with Gasteiger partial charge in [-0.25, -0.2) is 0 Å². The Morgan fingerprint density at radius 1 is 1.32 bits per heavy atom. The Labute approximate surface area is 123 Å². The molecule has 0 aliphatic carbocycles. The minimum atomic E-state index is 0. The van der Waals surface area contributed by atoms with Gasteiger partial charge >= 0.3 is 0 Å². The van der Waals surface area contributed by atoms with Crippen molar-refractivity contribution in [2.75, 3.05) is 32.7 Å². The van der Waals surface area contributed by atoms with E-state index in [1.807, 2.05) is 0 Å². The molecule has 0 spiro atoms. The molecule has 0 bridgehead atoms. The average molecular weight is 290 g/mol. The third-order valence-corrected chi connectivity index (χ3v) is 4.38. The highest BCUT2D eigenvalue weighted by Crippen LogP contribution is 2.19. The fourth-order valence-electron chi connectivity index (χ4n) is 3.02. The molecule has 0 radical (unpaired) electrons. The Morgan fingerprint density at radius 2 is 2.05 bits per heavy atom. The van der Waals surface area contributed by atoms with E-state index in [0.29, 0.717) is 0 Å². The SMILES string of the molecule is CCN1CCC(CCNC(=O)[C@@H]2CCCN2)CC1.Cl. The van der Waals surface area contributed by atoms with E-state index in [2.05, 4.69) is 22.5 Å². The summed E-state index contributed by atoms with van der Waals surface area (Å²) in [6.45, 7) is 7.73. The summed E-state index contributed by atoms with van der Waals surface area (Å²) in [4.78, 5) is 14.3. The van der Waals surface area contributed by atoms with Crippen LogP contribution in [-0.2, 0) is 4.79 Å². The van der Waals surface area contributed by atoms with Crippen LogP contribution in [0, 0.1) is 5.92 Å². The first kappa shape index (κ1) is 16.7. The van der Waals surface area contributed by atoms with Crippen molar-refractivity contribution in [2.45, 2.75) is 45.1 Å². The average Bonchev–Trinajstić information content (AvgIpc) is 2.93. The van der Waals surface area contributed by atoms with Crippen LogP contribution in [0.5, 0.6) is 0 Å². The number of rotatable bonds is 5. The van der Waals surface area contributed by atoms with Gasteiger partial charge in [-0.15, -0.1) is 12.4 Å². The van der Waals surface area contributed by atoms with Gasteiger partial charge in [-0.1, -0.05) is 6.92 Å². The maximum atomic E-state index is 11.8. The fraction of sp³-hybridized carbons (Fsp3) is 0.929. The predicted molar refractivity (Wildman–Crippen MR) is 80.7 cm³/mol. The van der Waals surface area contributed by atoms with Gasteiger partial charge in [-0.05, 0) is 64.2 Å². The molecule has 2 heterocycles. The molecule has 2 fully saturated rings. The van der Waals surface area contributed by atoms with Crippen molar-refractivity contribution in [3.8, 4) is 0 Å². The van der Waals surface area contributed by atoms with Gasteiger partial charge in [-0.3, -0.25) is 4.79 Å². The Morgan fingerprint density at radius 3 is 2.63 bits per heavy atom. The van der Waals surface area contributed by atoms with Gasteiger partial charge in [0.2, 0.25) is 5.91 Å². The molecular formula is C14H28ClN3O. The molecule has 2 N–H and O–H groups in total. The third-order valence-electron chi connectivity index (χ3n) is 4.38. The van der Waals surface area contributed by atoms with E-state index in [4.69, 9.17) is 0 Å². The van der Waals surface area contributed by atoms with Gasteiger partial charge in [0.15, 0.2) is 0 Å². The molecular weight excluding hydrogens is 262 g/mol. The minimum Gasteiger partial charge on any atom is -0.355 e. The second kappa shape index (κ2) is 8.77. The zero-order valence-corrected chi connectivity index (χ0v) is 12.8. The van der Waals surface area contributed by atoms with Crippen molar-refractivity contribution in [1.29, 1.82) is 0 Å². The first-order valence-electron chi connectivity index (χ1n) is 7.53. The highest BCUT2D eigenvalue weighted by molar-refractivity contribution is 5.85. The molecule has 4 nitrogen and oxygen atoms in total. The lowest BCUT2D eigenvalue weighted by molar-refractivity contribution is -0.122. The van der Waals surface area contributed by atoms with E-state index in [1.54, 1.807) is 0 Å². The number of amides is 1. The Hall–Kier alpha value is -0.320. The quantitative estimate of drug-likeness (QED) is 0.804. The molecule has 0 saturated carbocycles. The molecule has 2 aliphatic rings. The van der Waals surface area contributed by atoms with E-state index in [1.165, 1.54) is 32.5 Å². The first-order valence-corrected chi connectivity index (χ1v) is 7.53. The molecule has 0 unspecified atom stereocenters. The number of hydrogen-bond acceptors (Lipinski definition) is 3. The van der Waals surface area contributed by atoms with Gasteiger partial charge < -0.3 is 15.5 Å². The normalized spacial score (nSPS) is 25.0. The van der Waals surface area contributed by atoms with Gasteiger partial charge in [0.05, 0.1) is 6.04 Å². The van der Waals surface area contributed by atoms with Crippen molar-refractivity contribution >= 4 is 18.3 Å². The summed E-state index contributed by atoms with van der Waals surface area (Å²) in [6.07, 6.45) is 5.88. The van der Waals surface area contributed by atoms with Crippen molar-refractivity contribution in [3.63, 3.8) is 0 Å². The highest BCUT2D eigenvalue weighted by Gasteiger charge is 2.22. The van der Waals surface area contributed by atoms with Gasteiger partial charge in [0.25, 0.3) is 0 Å². The van der Waals surface area contributed by atoms with Gasteiger partial charge in [-0.2, -0.15) is 0 Å². The molecule has 5 heteroatoms. The summed E-state index contributed by atoms with van der Waals surface area (Å²) in [7, 11) is 0. The maximum Gasteiger partial charge on any atom is 0.237 e. The number of carbonyl (C=O) groups is 1. The monoisotopic (exact) mass is 289 g/mol. The largest absolute Gasteiger partial charge is 0.355 e. The van der Waals surface area contributed by atoms with Crippen LogP contribution < -0.4 is 10.6 Å². The van der Waals surface area contributed by atoms with Crippen molar-refractivity contribution in [3.05, 3.63) is 0 Å². The predicted octanol–water partition coefficient (Wildman–Crippen LogP) is 1.40. The second-order valence-corrected chi connectivity index (χ2v) is 5.61. The van der Waals surface area contributed by atoms with E-state index in [9.17, 15) is 4.79 Å². The van der Waals surface area contributed by atoms with Crippen LogP contribution >= 0.6 is 12.4 Å². The summed E-state index contributed by atoms with van der Waals surface area (Å²) in [5.41, 5.74) is 0. The van der Waals surface area contributed by atoms with E-state index < -0.39 is 0 Å². The first-order chi connectivity index (χ1) is 8.79. The summed E-state index contributed by atoms with van der Waals surface area (Å²) in [5.74, 6) is 1.02. The van der Waals surface area contributed by atoms with E-state index in [0.717, 1.165) is 38.3 Å². The lowest BCUT2D eigenvalue weighted by atomic mass is 9.93. The molecule has 1 amide bonds. The number of nitrogens with zero attached hydrogens (tertiary/aromatic N) is 1. The summed E-state index contributed by atoms with van der Waals surface area (Å²) < 4.78 is 0. The van der Waals surface area contributed by atoms with Crippen molar-refractivity contribution in [2.24, 2.45) is 5.92 Å². The van der Waals surface area contributed by atoms with Crippen LogP contribution in [0.4, 0.5) is 0 Å². The number of halogens is 1. The minimum absolute atomic E-state index is 0. The molecule has 0 aromatic heterocycles. The zero-order chi connectivity index (χ0) is 12.8. The fourth-order valence-corrected chi connectivity index (χ4v) is 3.02. The second-order valence-electron chi connectivity index (χ2n) is 5.61. The van der Waals surface area contributed by atoms with Crippen LogP contribution in [0.1, 0.15) is 39.0 Å². The lowest BCUT2D eigenvalue weighted by Crippen LogP contribution is -2.41. The molecule has 112 valence electrons. The van der Waals surface area contributed by atoms with E-state index in [-0.39, 0.29) is 24.4 Å². The van der Waals surface area contributed by atoms with E-state index >= 15 is 0 Å². The summed E-state index contributed by atoms with van der Waals surface area (Å²) in [5, 5.41) is 6.32. The van der Waals surface area contributed by atoms with Crippen LogP contribution in [0.3, 0.4) is 0 Å². The van der Waals surface area contributed by atoms with Crippen molar-refractivity contribution < 1.29 is 4.79 Å². The number of nitrogens with one attached hydrogen (secondary N) is 2. The van der Waals surface area contributed by atoms with Crippen molar-refractivity contribution in [1.82, 2.24) is 15.5 Å².